The van der Waals surface area contributed by atoms with Crippen molar-refractivity contribution in [3.8, 4) is 5.75 Å². The van der Waals surface area contributed by atoms with Gasteiger partial charge in [0.05, 0.1) is 13.2 Å². The monoisotopic (exact) mass is 340 g/mol. The van der Waals surface area contributed by atoms with Gasteiger partial charge in [0.1, 0.15) is 5.75 Å². The number of likely N-dealkylation sites (tertiary alicyclic amines) is 1. The normalized spacial score (nSPS) is 24.7. The van der Waals surface area contributed by atoms with Crippen LogP contribution in [-0.2, 0) is 0 Å². The summed E-state index contributed by atoms with van der Waals surface area (Å²) >= 11 is 3.68. The average Bonchev–Trinajstić information content (AvgIpc) is 2.38. The second-order valence-electron chi connectivity index (χ2n) is 6.50. The summed E-state index contributed by atoms with van der Waals surface area (Å²) in [6, 6.07) is 6.53. The summed E-state index contributed by atoms with van der Waals surface area (Å²) in [5, 5.41) is 0. The van der Waals surface area contributed by atoms with Crippen molar-refractivity contribution in [2.75, 3.05) is 13.7 Å². The Labute approximate surface area is 130 Å². The summed E-state index contributed by atoms with van der Waals surface area (Å²) in [6.45, 7) is 7.86. The van der Waals surface area contributed by atoms with Gasteiger partial charge in [-0.15, -0.1) is 0 Å². The van der Waals surface area contributed by atoms with Crippen LogP contribution in [0, 0.1) is 0 Å². The molecule has 2 atom stereocenters. The maximum Gasteiger partial charge on any atom is 0.119 e. The topological polar surface area (TPSA) is 38.5 Å². The van der Waals surface area contributed by atoms with E-state index in [0.717, 1.165) is 29.6 Å². The molecule has 112 valence electrons. The van der Waals surface area contributed by atoms with E-state index < -0.39 is 0 Å². The molecule has 2 N–H and O–H groups in total. The van der Waals surface area contributed by atoms with Crippen LogP contribution < -0.4 is 10.5 Å². The highest BCUT2D eigenvalue weighted by molar-refractivity contribution is 9.10. The highest BCUT2D eigenvalue weighted by Gasteiger charge is 2.37. The molecular formula is C16H25BrN2O. The predicted octanol–water partition coefficient (Wildman–Crippen LogP) is 3.72. The van der Waals surface area contributed by atoms with Crippen molar-refractivity contribution in [1.82, 2.24) is 4.90 Å². The minimum atomic E-state index is 0.102. The van der Waals surface area contributed by atoms with Crippen LogP contribution in [0.25, 0.3) is 0 Å². The molecule has 3 nitrogen and oxygen atoms in total. The van der Waals surface area contributed by atoms with Gasteiger partial charge in [-0.05, 0) is 63.9 Å². The quantitative estimate of drug-likeness (QED) is 0.891. The molecule has 0 spiro atoms. The fourth-order valence-electron chi connectivity index (χ4n) is 3.05. The molecule has 1 aromatic carbocycles. The summed E-state index contributed by atoms with van der Waals surface area (Å²) in [4.78, 5) is 2.51. The van der Waals surface area contributed by atoms with Gasteiger partial charge in [-0.25, -0.2) is 0 Å². The van der Waals surface area contributed by atoms with Gasteiger partial charge in [-0.3, -0.25) is 4.90 Å². The lowest BCUT2D eigenvalue weighted by molar-refractivity contribution is 0.0380. The van der Waals surface area contributed by atoms with Crippen molar-refractivity contribution in [2.45, 2.75) is 51.2 Å². The van der Waals surface area contributed by atoms with Crippen molar-refractivity contribution < 1.29 is 4.74 Å². The molecule has 1 saturated heterocycles. The number of rotatable bonds is 2. The first-order chi connectivity index (χ1) is 9.34. The number of piperidine rings is 1. The van der Waals surface area contributed by atoms with Crippen LogP contribution in [0.3, 0.4) is 0 Å². The third kappa shape index (κ3) is 3.18. The molecule has 0 radical (unpaired) electrons. The van der Waals surface area contributed by atoms with Crippen LogP contribution >= 0.6 is 15.9 Å². The molecule has 0 aliphatic carbocycles. The minimum absolute atomic E-state index is 0.102. The van der Waals surface area contributed by atoms with Gasteiger partial charge in [0.25, 0.3) is 0 Å². The van der Waals surface area contributed by atoms with E-state index in [9.17, 15) is 0 Å². The van der Waals surface area contributed by atoms with Gasteiger partial charge in [-0.2, -0.15) is 0 Å². The SMILES string of the molecule is COc1ccc(Br)c(C2C(N)CCCN2C(C)(C)C)c1. The maximum absolute atomic E-state index is 6.46. The molecule has 1 heterocycles. The zero-order chi connectivity index (χ0) is 14.9. The van der Waals surface area contributed by atoms with E-state index in [2.05, 4.69) is 53.7 Å². The lowest BCUT2D eigenvalue weighted by atomic mass is 9.87. The molecule has 1 aliphatic rings. The predicted molar refractivity (Wildman–Crippen MR) is 87.1 cm³/mol. The van der Waals surface area contributed by atoms with Crippen LogP contribution in [0.5, 0.6) is 5.75 Å². The van der Waals surface area contributed by atoms with Gasteiger partial charge in [0.2, 0.25) is 0 Å². The molecule has 2 rings (SSSR count). The van der Waals surface area contributed by atoms with E-state index in [1.807, 2.05) is 6.07 Å². The van der Waals surface area contributed by atoms with E-state index in [-0.39, 0.29) is 17.6 Å². The highest BCUT2D eigenvalue weighted by atomic mass is 79.9. The molecule has 0 saturated carbocycles. The highest BCUT2D eigenvalue weighted by Crippen LogP contribution is 2.39. The molecule has 0 aromatic heterocycles. The van der Waals surface area contributed by atoms with E-state index >= 15 is 0 Å². The maximum atomic E-state index is 6.46. The number of nitrogens with zero attached hydrogens (tertiary/aromatic N) is 1. The molecular weight excluding hydrogens is 316 g/mol. The third-order valence-corrected chi connectivity index (χ3v) is 4.78. The Kier molecular flexibility index (Phi) is 4.77. The zero-order valence-corrected chi connectivity index (χ0v) is 14.4. The van der Waals surface area contributed by atoms with Crippen LogP contribution in [0.15, 0.2) is 22.7 Å². The van der Waals surface area contributed by atoms with Gasteiger partial charge < -0.3 is 10.5 Å². The van der Waals surface area contributed by atoms with Crippen LogP contribution in [0.1, 0.15) is 45.2 Å². The van der Waals surface area contributed by atoms with Gasteiger partial charge in [0, 0.05) is 16.1 Å². The lowest BCUT2D eigenvalue weighted by Gasteiger charge is -2.47. The Morgan fingerprint density at radius 2 is 2.05 bits per heavy atom. The fourth-order valence-corrected chi connectivity index (χ4v) is 3.53. The summed E-state index contributed by atoms with van der Waals surface area (Å²) in [7, 11) is 1.70. The third-order valence-electron chi connectivity index (χ3n) is 4.06. The number of hydrogen-bond acceptors (Lipinski definition) is 3. The van der Waals surface area contributed by atoms with Crippen molar-refractivity contribution in [2.24, 2.45) is 5.73 Å². The fraction of sp³-hybridized carbons (Fsp3) is 0.625. The standard InChI is InChI=1S/C16H25BrN2O/c1-16(2,3)19-9-5-6-14(18)15(19)12-10-11(20-4)7-8-13(12)17/h7-8,10,14-15H,5-6,9,18H2,1-4H3. The van der Waals surface area contributed by atoms with Gasteiger partial charge in [-0.1, -0.05) is 15.9 Å². The number of benzene rings is 1. The number of hydrogen-bond donors (Lipinski definition) is 1. The number of halogens is 1. The first-order valence-electron chi connectivity index (χ1n) is 7.20. The number of ether oxygens (including phenoxy) is 1. The molecule has 1 aromatic rings. The van der Waals surface area contributed by atoms with Gasteiger partial charge in [0.15, 0.2) is 0 Å². The molecule has 2 unspecified atom stereocenters. The van der Waals surface area contributed by atoms with Crippen molar-refractivity contribution in [1.29, 1.82) is 0 Å². The number of nitrogens with two attached hydrogens (primary N) is 1. The first kappa shape index (κ1) is 15.8. The van der Waals surface area contributed by atoms with E-state index in [1.54, 1.807) is 7.11 Å². The van der Waals surface area contributed by atoms with E-state index in [0.29, 0.717) is 0 Å². The smallest absolute Gasteiger partial charge is 0.119 e. The van der Waals surface area contributed by atoms with Crippen molar-refractivity contribution >= 4 is 15.9 Å². The van der Waals surface area contributed by atoms with Crippen molar-refractivity contribution in [3.63, 3.8) is 0 Å². The van der Waals surface area contributed by atoms with Gasteiger partial charge >= 0.3 is 0 Å². The van der Waals surface area contributed by atoms with Crippen LogP contribution in [-0.4, -0.2) is 30.1 Å². The second kappa shape index (κ2) is 6.04. The first-order valence-corrected chi connectivity index (χ1v) is 7.99. The van der Waals surface area contributed by atoms with Crippen LogP contribution in [0.4, 0.5) is 0 Å². The van der Waals surface area contributed by atoms with Crippen molar-refractivity contribution in [3.05, 3.63) is 28.2 Å². The summed E-state index contributed by atoms with van der Waals surface area (Å²) in [6.07, 6.45) is 2.23. The molecule has 4 heteroatoms. The average molecular weight is 341 g/mol. The zero-order valence-electron chi connectivity index (χ0n) is 12.8. The summed E-state index contributed by atoms with van der Waals surface area (Å²) < 4.78 is 6.48. The summed E-state index contributed by atoms with van der Waals surface area (Å²) in [5.41, 5.74) is 7.79. The Morgan fingerprint density at radius 1 is 1.35 bits per heavy atom. The van der Waals surface area contributed by atoms with E-state index in [4.69, 9.17) is 10.5 Å². The largest absolute Gasteiger partial charge is 0.497 e. The Bertz CT molecular complexity index is 470. The minimum Gasteiger partial charge on any atom is -0.497 e. The summed E-state index contributed by atoms with van der Waals surface area (Å²) in [5.74, 6) is 0.884. The molecule has 0 bridgehead atoms. The lowest BCUT2D eigenvalue weighted by Crippen LogP contribution is -2.53. The Balaban J connectivity index is 2.45. The molecule has 20 heavy (non-hydrogen) atoms. The molecule has 1 fully saturated rings. The number of methoxy groups -OCH3 is 1. The molecule has 0 amide bonds. The van der Waals surface area contributed by atoms with Crippen LogP contribution in [0.2, 0.25) is 0 Å². The second-order valence-corrected chi connectivity index (χ2v) is 7.36. The van der Waals surface area contributed by atoms with E-state index in [1.165, 1.54) is 5.56 Å². The Morgan fingerprint density at radius 3 is 2.65 bits per heavy atom. The molecule has 1 aliphatic heterocycles. The Hall–Kier alpha value is -0.580.